The summed E-state index contributed by atoms with van der Waals surface area (Å²) in [4.78, 5) is 11.3. The van der Waals surface area contributed by atoms with Crippen LogP contribution in [-0.2, 0) is 23.7 Å². The molecule has 2 heterocycles. The maximum Gasteiger partial charge on any atom is 0.305 e. The maximum absolute atomic E-state index is 11.3. The number of carbonyl (C=O) groups excluding carboxylic acids is 1. The predicted octanol–water partition coefficient (Wildman–Crippen LogP) is 0.221. The quantitative estimate of drug-likeness (QED) is 0.729. The summed E-state index contributed by atoms with van der Waals surface area (Å²) in [5.74, 6) is -1.13. The minimum atomic E-state index is -0.859. The van der Waals surface area contributed by atoms with Gasteiger partial charge in [-0.15, -0.1) is 0 Å². The fourth-order valence-electron chi connectivity index (χ4n) is 2.23. The highest BCUT2D eigenvalue weighted by Gasteiger charge is 2.47. The van der Waals surface area contributed by atoms with Gasteiger partial charge in [0.2, 0.25) is 0 Å². The van der Waals surface area contributed by atoms with Gasteiger partial charge in [0.05, 0.1) is 26.2 Å². The van der Waals surface area contributed by atoms with Crippen LogP contribution >= 0.6 is 0 Å². The Morgan fingerprint density at radius 3 is 3.00 bits per heavy atom. The van der Waals surface area contributed by atoms with Crippen molar-refractivity contribution in [2.24, 2.45) is 0 Å². The van der Waals surface area contributed by atoms with Crippen molar-refractivity contribution < 1.29 is 28.8 Å². The van der Waals surface area contributed by atoms with Crippen molar-refractivity contribution in [1.82, 2.24) is 0 Å². The van der Waals surface area contributed by atoms with E-state index in [1.54, 1.807) is 13.8 Å². The van der Waals surface area contributed by atoms with E-state index in [-0.39, 0.29) is 31.2 Å². The van der Waals surface area contributed by atoms with Gasteiger partial charge in [0.15, 0.2) is 5.79 Å². The lowest BCUT2D eigenvalue weighted by Gasteiger charge is -2.40. The first-order chi connectivity index (χ1) is 8.54. The molecule has 0 unspecified atom stereocenters. The van der Waals surface area contributed by atoms with Crippen LogP contribution < -0.4 is 0 Å². The van der Waals surface area contributed by atoms with Crippen molar-refractivity contribution in [2.75, 3.05) is 19.8 Å². The molecule has 2 fully saturated rings. The number of esters is 1. The largest absolute Gasteiger partial charge is 0.466 e. The average molecular weight is 260 g/mol. The van der Waals surface area contributed by atoms with Gasteiger partial charge in [-0.2, -0.15) is 0 Å². The molecule has 2 aliphatic heterocycles. The van der Waals surface area contributed by atoms with Crippen molar-refractivity contribution in [3.8, 4) is 0 Å². The number of rotatable bonds is 4. The van der Waals surface area contributed by atoms with Gasteiger partial charge in [0.25, 0.3) is 0 Å². The molecule has 2 saturated heterocycles. The smallest absolute Gasteiger partial charge is 0.305 e. The van der Waals surface area contributed by atoms with Crippen molar-refractivity contribution >= 4 is 5.97 Å². The summed E-state index contributed by atoms with van der Waals surface area (Å²) in [7, 11) is 0. The zero-order valence-corrected chi connectivity index (χ0v) is 10.8. The Morgan fingerprint density at radius 1 is 1.50 bits per heavy atom. The number of hydrogen-bond acceptors (Lipinski definition) is 6. The Morgan fingerprint density at radius 2 is 2.28 bits per heavy atom. The summed E-state index contributed by atoms with van der Waals surface area (Å²) in [5.41, 5.74) is 0. The van der Waals surface area contributed by atoms with Crippen LogP contribution in [0.15, 0.2) is 0 Å². The predicted molar refractivity (Wildman–Crippen MR) is 60.8 cm³/mol. The molecule has 2 rings (SSSR count). The van der Waals surface area contributed by atoms with Gasteiger partial charge < -0.3 is 24.1 Å². The molecule has 0 aromatic rings. The summed E-state index contributed by atoms with van der Waals surface area (Å²) >= 11 is 0. The van der Waals surface area contributed by atoms with Gasteiger partial charge in [0, 0.05) is 6.42 Å². The lowest BCUT2D eigenvalue weighted by molar-refractivity contribution is -0.311. The molecule has 0 spiro atoms. The van der Waals surface area contributed by atoms with Gasteiger partial charge >= 0.3 is 5.97 Å². The summed E-state index contributed by atoms with van der Waals surface area (Å²) < 4.78 is 21.5. The Labute approximate surface area is 106 Å². The molecule has 0 saturated carbocycles. The van der Waals surface area contributed by atoms with Crippen molar-refractivity contribution in [1.29, 1.82) is 0 Å². The zero-order chi connectivity index (χ0) is 13.2. The van der Waals surface area contributed by atoms with E-state index in [4.69, 9.17) is 18.9 Å². The van der Waals surface area contributed by atoms with Crippen LogP contribution in [-0.4, -0.2) is 55.0 Å². The van der Waals surface area contributed by atoms with E-state index < -0.39 is 11.9 Å². The standard InChI is InChI=1S/C12H20O6/c1-3-15-10(14)4-5-12(2)17-7-9-11(18-12)8(13)6-16-9/h8-9,11,13H,3-7H2,1-2H3/t8-,9+,11+,12+/m0/s1. The normalized spacial score (nSPS) is 39.4. The van der Waals surface area contributed by atoms with Crippen molar-refractivity contribution in [2.45, 2.75) is 50.8 Å². The molecule has 6 heteroatoms. The van der Waals surface area contributed by atoms with Gasteiger partial charge in [0.1, 0.15) is 18.3 Å². The van der Waals surface area contributed by atoms with E-state index in [0.717, 1.165) is 0 Å². The molecule has 1 N–H and O–H groups in total. The molecule has 104 valence electrons. The highest BCUT2D eigenvalue weighted by Crippen LogP contribution is 2.33. The Kier molecular flexibility index (Phi) is 4.21. The van der Waals surface area contributed by atoms with E-state index >= 15 is 0 Å². The van der Waals surface area contributed by atoms with E-state index in [9.17, 15) is 9.90 Å². The third-order valence-electron chi connectivity index (χ3n) is 3.25. The van der Waals surface area contributed by atoms with Crippen molar-refractivity contribution in [3.05, 3.63) is 0 Å². The van der Waals surface area contributed by atoms with Crippen LogP contribution in [0.25, 0.3) is 0 Å². The third kappa shape index (κ3) is 3.00. The number of aliphatic hydroxyl groups is 1. The number of hydrogen-bond donors (Lipinski definition) is 1. The summed E-state index contributed by atoms with van der Waals surface area (Å²) in [6.07, 6.45) is -0.567. The molecule has 2 aliphatic rings. The second kappa shape index (κ2) is 5.52. The zero-order valence-electron chi connectivity index (χ0n) is 10.8. The van der Waals surface area contributed by atoms with Crippen LogP contribution in [0.4, 0.5) is 0 Å². The second-order valence-corrected chi connectivity index (χ2v) is 4.77. The minimum Gasteiger partial charge on any atom is -0.466 e. The highest BCUT2D eigenvalue weighted by atomic mass is 16.7. The van der Waals surface area contributed by atoms with Crippen LogP contribution in [0, 0.1) is 0 Å². The number of fused-ring (bicyclic) bond motifs is 1. The molecule has 0 aliphatic carbocycles. The molecule has 0 amide bonds. The monoisotopic (exact) mass is 260 g/mol. The van der Waals surface area contributed by atoms with E-state index in [1.165, 1.54) is 0 Å². The van der Waals surface area contributed by atoms with Crippen LogP contribution in [0.2, 0.25) is 0 Å². The number of aliphatic hydroxyl groups excluding tert-OH is 1. The Bertz CT molecular complexity index is 307. The maximum atomic E-state index is 11.3. The topological polar surface area (TPSA) is 74.2 Å². The molecule has 0 aromatic heterocycles. The van der Waals surface area contributed by atoms with E-state index in [1.807, 2.05) is 0 Å². The van der Waals surface area contributed by atoms with Crippen LogP contribution in [0.5, 0.6) is 0 Å². The number of carbonyl (C=O) groups is 1. The van der Waals surface area contributed by atoms with Gasteiger partial charge in [-0.05, 0) is 13.8 Å². The van der Waals surface area contributed by atoms with E-state index in [0.29, 0.717) is 19.6 Å². The first-order valence-electron chi connectivity index (χ1n) is 6.31. The van der Waals surface area contributed by atoms with Crippen LogP contribution in [0.1, 0.15) is 26.7 Å². The lowest BCUT2D eigenvalue weighted by Crippen LogP contribution is -2.51. The molecule has 6 nitrogen and oxygen atoms in total. The van der Waals surface area contributed by atoms with Gasteiger partial charge in [-0.3, -0.25) is 4.79 Å². The summed E-state index contributed by atoms with van der Waals surface area (Å²) in [6.45, 7) is 4.56. The molecule has 0 bridgehead atoms. The Hall–Kier alpha value is -0.690. The van der Waals surface area contributed by atoms with Crippen LogP contribution in [0.3, 0.4) is 0 Å². The first-order valence-corrected chi connectivity index (χ1v) is 6.31. The molecule has 18 heavy (non-hydrogen) atoms. The Balaban J connectivity index is 1.86. The molecule has 4 atom stereocenters. The van der Waals surface area contributed by atoms with E-state index in [2.05, 4.69) is 0 Å². The SMILES string of the molecule is CCOC(=O)CC[C@]1(C)OC[C@H]2OC[C@H](O)[C@H]2O1. The fraction of sp³-hybridized carbons (Fsp3) is 0.917. The summed E-state index contributed by atoms with van der Waals surface area (Å²) in [5, 5.41) is 9.72. The minimum absolute atomic E-state index is 0.212. The number of ether oxygens (including phenoxy) is 4. The lowest BCUT2D eigenvalue weighted by atomic mass is 10.1. The van der Waals surface area contributed by atoms with Crippen molar-refractivity contribution in [3.63, 3.8) is 0 Å². The third-order valence-corrected chi connectivity index (χ3v) is 3.25. The van der Waals surface area contributed by atoms with Gasteiger partial charge in [-0.1, -0.05) is 0 Å². The molecular formula is C12H20O6. The fourth-order valence-corrected chi connectivity index (χ4v) is 2.23. The first kappa shape index (κ1) is 13.7. The highest BCUT2D eigenvalue weighted by molar-refractivity contribution is 5.69. The molecule has 0 radical (unpaired) electrons. The summed E-state index contributed by atoms with van der Waals surface area (Å²) in [6, 6.07) is 0. The average Bonchev–Trinajstić information content (AvgIpc) is 2.69. The molecule has 0 aromatic carbocycles. The second-order valence-electron chi connectivity index (χ2n) is 4.77. The molecular weight excluding hydrogens is 240 g/mol. The van der Waals surface area contributed by atoms with Gasteiger partial charge in [-0.25, -0.2) is 0 Å².